The first kappa shape index (κ1) is 16.5. The predicted octanol–water partition coefficient (Wildman–Crippen LogP) is 0.600. The number of likely N-dealkylation sites (N-methyl/N-ethyl adjacent to an activating group) is 1. The number of nitrogens with one attached hydrogen (secondary N) is 2. The molecule has 1 aromatic heterocycles. The zero-order chi connectivity index (χ0) is 15.5. The molecule has 1 aliphatic rings. The average Bonchev–Trinajstić information content (AvgIpc) is 3.13. The lowest BCUT2D eigenvalue weighted by molar-refractivity contribution is 0.412. The van der Waals surface area contributed by atoms with Crippen LogP contribution in [-0.2, 0) is 23.1 Å². The van der Waals surface area contributed by atoms with E-state index in [2.05, 4.69) is 10.0 Å². The summed E-state index contributed by atoms with van der Waals surface area (Å²) in [6, 6.07) is 2.39. The maximum Gasteiger partial charge on any atom is 0.242 e. The summed E-state index contributed by atoms with van der Waals surface area (Å²) in [5.41, 5.74) is 1.03. The van der Waals surface area contributed by atoms with Gasteiger partial charge in [0.1, 0.15) is 0 Å². The second-order valence-electron chi connectivity index (χ2n) is 5.81. The van der Waals surface area contributed by atoms with Crippen molar-refractivity contribution in [2.24, 2.45) is 0 Å². The smallest absolute Gasteiger partial charge is 0.242 e. The molecule has 0 atom stereocenters. The van der Waals surface area contributed by atoms with Crippen LogP contribution in [0, 0.1) is 0 Å². The molecule has 1 saturated carbocycles. The number of hydrogen-bond acceptors (Lipinski definition) is 4. The van der Waals surface area contributed by atoms with Gasteiger partial charge in [0.15, 0.2) is 0 Å². The molecule has 0 aromatic carbocycles. The van der Waals surface area contributed by atoms with Gasteiger partial charge >= 0.3 is 0 Å². The summed E-state index contributed by atoms with van der Waals surface area (Å²) in [5, 5.41) is 3.43. The molecule has 0 saturated heterocycles. The Hall–Kier alpha value is -0.890. The fourth-order valence-electron chi connectivity index (χ4n) is 2.14. The van der Waals surface area contributed by atoms with Crippen molar-refractivity contribution >= 4 is 10.0 Å². The number of sulfonamides is 1. The molecular formula is C14H26N4O2S. The minimum Gasteiger partial charge on any atom is -0.349 e. The van der Waals surface area contributed by atoms with Crippen molar-refractivity contribution in [2.45, 2.75) is 43.8 Å². The lowest BCUT2D eigenvalue weighted by Gasteiger charge is -2.10. The van der Waals surface area contributed by atoms with Gasteiger partial charge in [0.2, 0.25) is 10.0 Å². The van der Waals surface area contributed by atoms with E-state index in [0.29, 0.717) is 24.0 Å². The molecule has 0 aliphatic heterocycles. The van der Waals surface area contributed by atoms with E-state index < -0.39 is 10.0 Å². The monoisotopic (exact) mass is 314 g/mol. The number of hydrogen-bond donors (Lipinski definition) is 2. The summed E-state index contributed by atoms with van der Waals surface area (Å²) in [5.74, 6) is 0. The van der Waals surface area contributed by atoms with Gasteiger partial charge in [-0.15, -0.1) is 0 Å². The molecule has 1 fully saturated rings. The second kappa shape index (κ2) is 6.91. The molecule has 1 aromatic rings. The molecule has 2 rings (SSSR count). The largest absolute Gasteiger partial charge is 0.349 e. The second-order valence-corrected chi connectivity index (χ2v) is 7.58. The van der Waals surface area contributed by atoms with Crippen LogP contribution >= 0.6 is 0 Å². The topological polar surface area (TPSA) is 66.4 Å². The first-order valence-corrected chi connectivity index (χ1v) is 8.97. The maximum absolute atomic E-state index is 12.3. The van der Waals surface area contributed by atoms with Crippen LogP contribution in [0.2, 0.25) is 0 Å². The zero-order valence-electron chi connectivity index (χ0n) is 13.1. The molecule has 0 radical (unpaired) electrons. The molecule has 21 heavy (non-hydrogen) atoms. The van der Waals surface area contributed by atoms with Gasteiger partial charge in [-0.25, -0.2) is 13.1 Å². The molecule has 1 aliphatic carbocycles. The molecule has 6 nitrogen and oxygen atoms in total. The third kappa shape index (κ3) is 4.81. The Bertz CT molecular complexity index is 562. The van der Waals surface area contributed by atoms with Gasteiger partial charge < -0.3 is 14.8 Å². The predicted molar refractivity (Wildman–Crippen MR) is 83.7 cm³/mol. The van der Waals surface area contributed by atoms with Crippen molar-refractivity contribution < 1.29 is 8.42 Å². The number of nitrogens with zero attached hydrogens (tertiary/aromatic N) is 2. The summed E-state index contributed by atoms with van der Waals surface area (Å²) in [6.45, 7) is 4.63. The molecule has 0 unspecified atom stereocenters. The van der Waals surface area contributed by atoms with E-state index >= 15 is 0 Å². The highest BCUT2D eigenvalue weighted by Crippen LogP contribution is 2.20. The lowest BCUT2D eigenvalue weighted by Crippen LogP contribution is -2.31. The molecule has 1 heterocycles. The van der Waals surface area contributed by atoms with Gasteiger partial charge in [-0.05, 0) is 39.9 Å². The Morgan fingerprint density at radius 2 is 2.10 bits per heavy atom. The van der Waals surface area contributed by atoms with Crippen LogP contribution in [0.4, 0.5) is 0 Å². The fourth-order valence-corrected chi connectivity index (χ4v) is 3.22. The number of aromatic nitrogens is 1. The Morgan fingerprint density at radius 3 is 2.67 bits per heavy atom. The highest BCUT2D eigenvalue weighted by molar-refractivity contribution is 7.89. The fraction of sp³-hybridized carbons (Fsp3) is 0.714. The molecule has 0 spiro atoms. The molecule has 7 heteroatoms. The van der Waals surface area contributed by atoms with E-state index in [9.17, 15) is 8.42 Å². The van der Waals surface area contributed by atoms with E-state index in [1.807, 2.05) is 30.5 Å². The molecular weight excluding hydrogens is 288 g/mol. The van der Waals surface area contributed by atoms with Crippen LogP contribution in [0.15, 0.2) is 17.2 Å². The standard InChI is InChI=1S/C14H26N4O2S/c1-4-18-11-14(9-13(18)10-15-12-5-6-12)21(19,20)16-7-8-17(2)3/h9,11-12,15-16H,4-8,10H2,1-3H3. The van der Waals surface area contributed by atoms with E-state index in [1.54, 1.807) is 12.3 Å². The van der Waals surface area contributed by atoms with E-state index in [1.165, 1.54) is 12.8 Å². The van der Waals surface area contributed by atoms with Gasteiger partial charge in [0, 0.05) is 44.1 Å². The summed E-state index contributed by atoms with van der Waals surface area (Å²) < 4.78 is 29.2. The van der Waals surface area contributed by atoms with Crippen LogP contribution in [0.25, 0.3) is 0 Å². The van der Waals surface area contributed by atoms with Gasteiger partial charge in [-0.2, -0.15) is 0 Å². The molecule has 120 valence electrons. The van der Waals surface area contributed by atoms with Crippen molar-refractivity contribution in [3.63, 3.8) is 0 Å². The maximum atomic E-state index is 12.3. The minimum absolute atomic E-state index is 0.357. The molecule has 0 bridgehead atoms. The lowest BCUT2D eigenvalue weighted by atomic mass is 10.4. The molecule has 0 amide bonds. The Morgan fingerprint density at radius 1 is 1.38 bits per heavy atom. The van der Waals surface area contributed by atoms with Crippen molar-refractivity contribution in [3.05, 3.63) is 18.0 Å². The normalized spacial score (nSPS) is 15.8. The van der Waals surface area contributed by atoms with Gasteiger partial charge in [-0.1, -0.05) is 0 Å². The van der Waals surface area contributed by atoms with Gasteiger partial charge in [0.25, 0.3) is 0 Å². The minimum atomic E-state index is -3.42. The van der Waals surface area contributed by atoms with Crippen molar-refractivity contribution in [1.82, 2.24) is 19.5 Å². The van der Waals surface area contributed by atoms with Crippen LogP contribution in [0.1, 0.15) is 25.5 Å². The van der Waals surface area contributed by atoms with Crippen molar-refractivity contribution in [3.8, 4) is 0 Å². The number of aryl methyl sites for hydroxylation is 1. The third-order valence-electron chi connectivity index (χ3n) is 3.61. The Balaban J connectivity index is 2.03. The summed E-state index contributed by atoms with van der Waals surface area (Å²) in [4.78, 5) is 2.31. The van der Waals surface area contributed by atoms with E-state index in [4.69, 9.17) is 0 Å². The first-order valence-electron chi connectivity index (χ1n) is 7.49. The third-order valence-corrected chi connectivity index (χ3v) is 5.04. The summed E-state index contributed by atoms with van der Waals surface area (Å²) in [7, 11) is 0.424. The van der Waals surface area contributed by atoms with Crippen LogP contribution in [0.5, 0.6) is 0 Å². The van der Waals surface area contributed by atoms with Crippen molar-refractivity contribution in [2.75, 3.05) is 27.2 Å². The first-order chi connectivity index (χ1) is 9.92. The van der Waals surface area contributed by atoms with E-state index in [0.717, 1.165) is 18.8 Å². The quantitative estimate of drug-likeness (QED) is 0.700. The zero-order valence-corrected chi connectivity index (χ0v) is 13.9. The van der Waals surface area contributed by atoms with E-state index in [-0.39, 0.29) is 0 Å². The number of rotatable bonds is 9. The average molecular weight is 314 g/mol. The van der Waals surface area contributed by atoms with Gasteiger partial charge in [0.05, 0.1) is 4.90 Å². The van der Waals surface area contributed by atoms with Gasteiger partial charge in [-0.3, -0.25) is 0 Å². The Kier molecular flexibility index (Phi) is 5.43. The van der Waals surface area contributed by atoms with Crippen LogP contribution in [-0.4, -0.2) is 51.1 Å². The van der Waals surface area contributed by atoms with Crippen LogP contribution in [0.3, 0.4) is 0 Å². The summed E-state index contributed by atoms with van der Waals surface area (Å²) >= 11 is 0. The van der Waals surface area contributed by atoms with Crippen LogP contribution < -0.4 is 10.0 Å². The Labute approximate surface area is 127 Å². The SMILES string of the molecule is CCn1cc(S(=O)(=O)NCCN(C)C)cc1CNC1CC1. The highest BCUT2D eigenvalue weighted by atomic mass is 32.2. The summed E-state index contributed by atoms with van der Waals surface area (Å²) in [6.07, 6.45) is 4.18. The van der Waals surface area contributed by atoms with Crippen molar-refractivity contribution in [1.29, 1.82) is 0 Å². The highest BCUT2D eigenvalue weighted by Gasteiger charge is 2.22. The molecule has 2 N–H and O–H groups in total.